The number of methoxy groups -OCH3 is 4. The summed E-state index contributed by atoms with van der Waals surface area (Å²) in [5, 5.41) is 15.2. The molecule has 0 fully saturated rings. The molecule has 0 aromatic rings. The molecule has 134 valence electrons. The molecule has 0 spiro atoms. The molecule has 0 heterocycles. The van der Waals surface area contributed by atoms with Crippen LogP contribution in [-0.4, -0.2) is 71.6 Å². The first kappa shape index (κ1) is 39.0. The van der Waals surface area contributed by atoms with Gasteiger partial charge in [0.25, 0.3) is 0 Å². The van der Waals surface area contributed by atoms with Crippen LogP contribution in [0.3, 0.4) is 0 Å². The number of carbonyl (C=O) groups excluding carboxylic acids is 4. The van der Waals surface area contributed by atoms with Gasteiger partial charge in [0.1, 0.15) is 12.8 Å². The summed E-state index contributed by atoms with van der Waals surface area (Å²) in [5.41, 5.74) is 0. The summed E-state index contributed by atoms with van der Waals surface area (Å²) in [7, 11) is 6.60. The summed E-state index contributed by atoms with van der Waals surface area (Å²) < 4.78 is 16.7. The van der Waals surface area contributed by atoms with E-state index in [1.807, 2.05) is 0 Å². The van der Waals surface area contributed by atoms with Gasteiger partial charge in [-0.3, -0.25) is 19.2 Å². The van der Waals surface area contributed by atoms with Crippen molar-refractivity contribution < 1.29 is 109 Å². The van der Waals surface area contributed by atoms with E-state index in [-0.39, 0.29) is 73.4 Å². The van der Waals surface area contributed by atoms with Crippen molar-refractivity contribution in [2.45, 2.75) is 12.8 Å². The molecule has 0 saturated carbocycles. The third-order valence-electron chi connectivity index (χ3n) is 1.49. The predicted octanol–water partition coefficient (Wildman–Crippen LogP) is -7.85. The maximum atomic E-state index is 10.3. The number of hydrogen-bond acceptors (Lipinski definition) is 10. The third-order valence-corrected chi connectivity index (χ3v) is 1.49. The fraction of sp³-hybridized carbons (Fsp3) is 0.667. The Morgan fingerprint density at radius 2 is 0.792 bits per heavy atom. The molecule has 0 saturated heterocycles. The van der Waals surface area contributed by atoms with Gasteiger partial charge in [0.2, 0.25) is 0 Å². The quantitative estimate of drug-likeness (QED) is 0.218. The first-order valence-electron chi connectivity index (χ1n) is 5.54. The molecule has 0 unspecified atom stereocenters. The summed E-state index contributed by atoms with van der Waals surface area (Å²) in [6.07, 6.45) is -0.625. The van der Waals surface area contributed by atoms with Gasteiger partial charge in [0, 0.05) is 7.11 Å². The molecule has 0 aliphatic heterocycles. The molecular weight excluding hydrogens is 350 g/mol. The molecule has 0 aromatic carbocycles. The molecule has 24 heavy (non-hydrogen) atoms. The van der Waals surface area contributed by atoms with Gasteiger partial charge in [-0.1, -0.05) is 0 Å². The van der Waals surface area contributed by atoms with E-state index in [0.29, 0.717) is 0 Å². The van der Waals surface area contributed by atoms with Crippen LogP contribution in [0.15, 0.2) is 0 Å². The van der Waals surface area contributed by atoms with Crippen LogP contribution in [0.2, 0.25) is 0 Å². The number of aliphatic hydroxyl groups excluding tert-OH is 1. The van der Waals surface area contributed by atoms with Gasteiger partial charge in [0.05, 0.1) is 28.4 Å². The van der Waals surface area contributed by atoms with Gasteiger partial charge in [-0.25, -0.2) is 0 Å². The Morgan fingerprint density at radius 3 is 0.875 bits per heavy atom. The Morgan fingerprint density at radius 1 is 0.667 bits per heavy atom. The molecule has 0 aliphatic carbocycles. The van der Waals surface area contributed by atoms with Crippen LogP contribution >= 0.6 is 0 Å². The third kappa shape index (κ3) is 37.8. The Hall–Kier alpha value is -0.200. The van der Waals surface area contributed by atoms with Crippen LogP contribution in [0.25, 0.3) is 0 Å². The molecule has 0 rings (SSSR count). The fourth-order valence-corrected chi connectivity index (χ4v) is 0.524. The monoisotopic (exact) mass is 374 g/mol. The molecule has 1 N–H and O–H groups in total. The van der Waals surface area contributed by atoms with Crippen LogP contribution in [0.1, 0.15) is 14.3 Å². The fourth-order valence-electron chi connectivity index (χ4n) is 0.524. The second kappa shape index (κ2) is 34.2. The van der Waals surface area contributed by atoms with Crippen LogP contribution in [0.5, 0.6) is 0 Å². The van der Waals surface area contributed by atoms with Crippen molar-refractivity contribution >= 4 is 23.9 Å². The van der Waals surface area contributed by atoms with E-state index >= 15 is 0 Å². The molecule has 0 atom stereocenters. The molecule has 12 heteroatoms. The van der Waals surface area contributed by atoms with Crippen LogP contribution in [0, 0.1) is 0 Å². The number of hydrogen-bond donors (Lipinski definition) is 1. The number of carbonyl (C=O) groups is 4. The number of rotatable bonds is 4. The smallest absolute Gasteiger partial charge is 1.00 e. The Balaban J connectivity index is -0.0000000391. The van der Waals surface area contributed by atoms with Gasteiger partial charge < -0.3 is 30.6 Å². The predicted molar refractivity (Wildman–Crippen MR) is 72.5 cm³/mol. The van der Waals surface area contributed by atoms with E-state index in [1.54, 1.807) is 0 Å². The van der Waals surface area contributed by atoms with Crippen molar-refractivity contribution in [2.75, 3.05) is 42.7 Å². The molecule has 0 bridgehead atoms. The van der Waals surface area contributed by atoms with Gasteiger partial charge in [-0.05, 0) is 0 Å². The Kier molecular flexibility index (Phi) is 55.6. The first-order chi connectivity index (χ1) is 10.4. The largest absolute Gasteiger partial charge is 1.00 e. The second-order valence-corrected chi connectivity index (χ2v) is 2.66. The Labute approximate surface area is 187 Å². The molecule has 0 amide bonds. The number of ether oxygens (including phenoxy) is 4. The van der Waals surface area contributed by atoms with E-state index in [4.69, 9.17) is 10.2 Å². The van der Waals surface area contributed by atoms with Gasteiger partial charge >= 0.3 is 83.0 Å². The molecule has 0 aliphatic rings. The minimum absolute atomic E-state index is 0. The summed E-state index contributed by atoms with van der Waals surface area (Å²) in [4.78, 5) is 41.0. The molecular formula is C12H24Na2O10. The van der Waals surface area contributed by atoms with E-state index < -0.39 is 23.9 Å². The van der Waals surface area contributed by atoms with E-state index in [9.17, 15) is 19.2 Å². The maximum Gasteiger partial charge on any atom is 1.00 e. The summed E-state index contributed by atoms with van der Waals surface area (Å²) in [6, 6.07) is 0. The average molecular weight is 374 g/mol. The average Bonchev–Trinajstić information content (AvgIpc) is 2.58. The Bertz CT molecular complexity index is 258. The van der Waals surface area contributed by atoms with Crippen molar-refractivity contribution in [2.24, 2.45) is 0 Å². The van der Waals surface area contributed by atoms with Crippen molar-refractivity contribution in [3.8, 4) is 0 Å². The molecule has 0 aromatic heterocycles. The van der Waals surface area contributed by atoms with E-state index in [2.05, 4.69) is 18.9 Å². The number of esters is 4. The molecule has 0 radical (unpaired) electrons. The van der Waals surface area contributed by atoms with Crippen LogP contribution in [-0.2, 0) is 38.1 Å². The van der Waals surface area contributed by atoms with Crippen LogP contribution < -0.4 is 64.2 Å². The topological polar surface area (TPSA) is 148 Å². The van der Waals surface area contributed by atoms with Crippen molar-refractivity contribution in [1.29, 1.82) is 0 Å². The number of aliphatic hydroxyl groups is 1. The van der Waals surface area contributed by atoms with Gasteiger partial charge in [-0.2, -0.15) is 7.11 Å². The van der Waals surface area contributed by atoms with Crippen molar-refractivity contribution in [3.63, 3.8) is 0 Å². The van der Waals surface area contributed by atoms with Crippen LogP contribution in [0.4, 0.5) is 0 Å². The van der Waals surface area contributed by atoms with Gasteiger partial charge in [-0.15, -0.1) is 0 Å². The standard InChI is InChI=1S/2C5H8O4.CH4O.CH3O.2Na.H/c2*1-8-4(6)3-5(7)9-2;2*1-2;;;/h2*3H2,1-2H3;2H,1H3;1H3;;;/q;;;-1;2*+1;-1. The SMILES string of the molecule is CO.COC(=O)CC(=O)OC.COC(=O)CC(=O)OC.C[O-].[H-].[Na+].[Na+]. The summed E-state index contributed by atoms with van der Waals surface area (Å²) >= 11 is 0. The summed E-state index contributed by atoms with van der Waals surface area (Å²) in [6.45, 7) is 0. The zero-order valence-electron chi connectivity index (χ0n) is 16.5. The normalized spacial score (nSPS) is 6.67. The zero-order chi connectivity index (χ0) is 18.6. The zero-order valence-corrected chi connectivity index (χ0v) is 19.5. The van der Waals surface area contributed by atoms with Crippen molar-refractivity contribution in [1.82, 2.24) is 0 Å². The second-order valence-electron chi connectivity index (χ2n) is 2.66. The maximum absolute atomic E-state index is 10.3. The van der Waals surface area contributed by atoms with Crippen molar-refractivity contribution in [3.05, 3.63) is 0 Å². The minimum Gasteiger partial charge on any atom is -1.00 e. The minimum atomic E-state index is -0.582. The first-order valence-corrected chi connectivity index (χ1v) is 5.54. The summed E-state index contributed by atoms with van der Waals surface area (Å²) in [5.74, 6) is -2.33. The van der Waals surface area contributed by atoms with E-state index in [1.165, 1.54) is 28.4 Å². The van der Waals surface area contributed by atoms with E-state index in [0.717, 1.165) is 14.2 Å². The molecule has 10 nitrogen and oxygen atoms in total. The van der Waals surface area contributed by atoms with Gasteiger partial charge in [0.15, 0.2) is 0 Å².